The van der Waals surface area contributed by atoms with Crippen LogP contribution < -0.4 is 11.5 Å². The van der Waals surface area contributed by atoms with Crippen molar-refractivity contribution in [2.75, 3.05) is 11.5 Å². The Hall–Kier alpha value is -8.31. The van der Waals surface area contributed by atoms with Gasteiger partial charge in [-0.2, -0.15) is 66.8 Å². The molecule has 7 rings (SSSR count). The Balaban J connectivity index is 1.28. The maximum Gasteiger partial charge on any atom is 0.320 e. The van der Waals surface area contributed by atoms with Gasteiger partial charge >= 0.3 is 6.01 Å². The fraction of sp³-hybridized carbons (Fsp3) is 0.171. The molecular formula is C35H31N19O7S2. The van der Waals surface area contributed by atoms with Gasteiger partial charge in [0.05, 0.1) is 51.5 Å². The third kappa shape index (κ3) is 8.27. The normalized spacial score (nSPS) is 12.2. The van der Waals surface area contributed by atoms with E-state index in [9.17, 15) is 36.3 Å². The van der Waals surface area contributed by atoms with Gasteiger partial charge in [0.1, 0.15) is 11.6 Å². The van der Waals surface area contributed by atoms with Gasteiger partial charge in [-0.3, -0.25) is 9.11 Å². The number of benzene rings is 2. The molecule has 5 heterocycles. The summed E-state index contributed by atoms with van der Waals surface area (Å²) in [7, 11) is -9.16. The summed E-state index contributed by atoms with van der Waals surface area (Å²) in [5, 5.41) is 55.1. The molecule has 0 unspecified atom stereocenters. The monoisotopic (exact) mass is 893 g/mol. The number of aromatic hydroxyl groups is 1. The number of azo groups is 2. The highest BCUT2D eigenvalue weighted by atomic mass is 32.2. The van der Waals surface area contributed by atoms with Gasteiger partial charge in [0, 0.05) is 0 Å². The molecule has 2 aromatic carbocycles. The molecule has 5 aromatic heterocycles. The largest absolute Gasteiger partial charge is 0.479 e. The van der Waals surface area contributed by atoms with Crippen LogP contribution in [0.5, 0.6) is 6.01 Å². The molecule has 0 bridgehead atoms. The third-order valence-corrected chi connectivity index (χ3v) is 10.5. The van der Waals surface area contributed by atoms with Crippen molar-refractivity contribution in [1.82, 2.24) is 54.1 Å². The summed E-state index contributed by atoms with van der Waals surface area (Å²) in [4.78, 5) is 15.0. The Kier molecular flexibility index (Phi) is 11.1. The number of nitrogens with two attached hydrogens (primary N) is 2. The van der Waals surface area contributed by atoms with E-state index in [1.54, 1.807) is 27.7 Å². The summed E-state index contributed by atoms with van der Waals surface area (Å²) >= 11 is 0. The lowest BCUT2D eigenvalue weighted by atomic mass is 10.1. The van der Waals surface area contributed by atoms with E-state index in [0.29, 0.717) is 0 Å². The molecule has 26 nitrogen and oxygen atoms in total. The van der Waals surface area contributed by atoms with E-state index in [1.807, 2.05) is 6.07 Å². The number of anilines is 2. The van der Waals surface area contributed by atoms with Gasteiger partial charge in [0.2, 0.25) is 0 Å². The van der Waals surface area contributed by atoms with Gasteiger partial charge < -0.3 is 16.6 Å². The SMILES string of the molecule is [C-]#[N+]c1cnn(-c2cccc(S(=O)(=O)O)c2)c1N=Nc1c(C(C)C)nn(-c2nc(O)nc(-n3nc(C(C)C)c(N=Nc4c(C#N)cnn4-c4cccc(S(=O)(=O)O)c4)c3N)n2)c1N. The van der Waals surface area contributed by atoms with Crippen LogP contribution in [0.15, 0.2) is 91.2 Å². The van der Waals surface area contributed by atoms with Crippen LogP contribution in [-0.2, 0) is 20.2 Å². The first-order valence-corrected chi connectivity index (χ1v) is 20.8. The second-order valence-electron chi connectivity index (χ2n) is 13.7. The van der Waals surface area contributed by atoms with Crippen LogP contribution in [0.2, 0.25) is 0 Å². The van der Waals surface area contributed by atoms with Crippen molar-refractivity contribution >= 4 is 60.6 Å². The molecule has 0 spiro atoms. The fourth-order valence-electron chi connectivity index (χ4n) is 5.85. The van der Waals surface area contributed by atoms with Crippen LogP contribution in [0.3, 0.4) is 0 Å². The molecule has 0 saturated heterocycles. The van der Waals surface area contributed by atoms with Crippen molar-refractivity contribution in [2.24, 2.45) is 20.5 Å². The second-order valence-corrected chi connectivity index (χ2v) is 16.6. The quantitative estimate of drug-likeness (QED) is 0.0576. The molecular weight excluding hydrogens is 863 g/mol. The molecule has 7 aromatic rings. The zero-order chi connectivity index (χ0) is 45.5. The zero-order valence-corrected chi connectivity index (χ0v) is 34.6. The average Bonchev–Trinajstić information content (AvgIpc) is 4.01. The topological polar surface area (TPSA) is 369 Å². The van der Waals surface area contributed by atoms with Crippen LogP contribution in [0.25, 0.3) is 28.1 Å². The Labute approximate surface area is 355 Å². The highest BCUT2D eigenvalue weighted by molar-refractivity contribution is 7.86. The molecule has 7 N–H and O–H groups in total. The summed E-state index contributed by atoms with van der Waals surface area (Å²) in [5.74, 6) is -1.88. The van der Waals surface area contributed by atoms with Crippen molar-refractivity contribution in [3.8, 4) is 35.4 Å². The van der Waals surface area contributed by atoms with Crippen molar-refractivity contribution in [3.63, 3.8) is 0 Å². The van der Waals surface area contributed by atoms with Crippen LogP contribution in [0.4, 0.5) is 40.3 Å². The Morgan fingerprint density at radius 1 is 0.714 bits per heavy atom. The maximum absolute atomic E-state index is 11.8. The molecule has 320 valence electrons. The number of nitriles is 1. The molecule has 63 heavy (non-hydrogen) atoms. The number of hydrogen-bond acceptors (Lipinski definition) is 19. The van der Waals surface area contributed by atoms with Gasteiger partial charge in [-0.25, -0.2) is 14.2 Å². The molecule has 0 aliphatic carbocycles. The lowest BCUT2D eigenvalue weighted by Gasteiger charge is -2.07. The predicted molar refractivity (Wildman–Crippen MR) is 219 cm³/mol. The molecule has 0 fully saturated rings. The van der Waals surface area contributed by atoms with E-state index < -0.39 is 36.0 Å². The van der Waals surface area contributed by atoms with Gasteiger partial charge in [0.25, 0.3) is 37.8 Å². The van der Waals surface area contributed by atoms with Crippen molar-refractivity contribution in [3.05, 3.63) is 89.3 Å². The standard InChI is InChI=1S/C35H31N19O7S2/c1-17(2)25-27(45-47-31-19(14-36)15-40-51(31)20-8-6-10-22(12-20)62(56,57)58)29(37)53(49-25)33-42-34(44-35(55)43-33)54-30(38)28(26(50-54)18(3)4)46-48-32-24(39-5)16-41-52(32)21-9-7-11-23(13-21)63(59,60)61/h6-13,15-18H,37-38H2,1-4H3,(H,56,57,58)(H,59,60,61)(H,42,43,44,55). The van der Waals surface area contributed by atoms with Crippen molar-refractivity contribution < 1.29 is 31.0 Å². The van der Waals surface area contributed by atoms with Gasteiger partial charge in [-0.1, -0.05) is 39.8 Å². The van der Waals surface area contributed by atoms with Crippen LogP contribution >= 0.6 is 0 Å². The maximum atomic E-state index is 11.8. The number of rotatable bonds is 12. The fourth-order valence-corrected chi connectivity index (χ4v) is 6.89. The van der Waals surface area contributed by atoms with E-state index >= 15 is 0 Å². The predicted octanol–water partition coefficient (Wildman–Crippen LogP) is 5.48. The molecule has 0 amide bonds. The number of hydrogen-bond donors (Lipinski definition) is 5. The minimum absolute atomic E-state index is 0.0147. The first-order chi connectivity index (χ1) is 29.8. The highest BCUT2D eigenvalue weighted by Crippen LogP contribution is 2.39. The lowest BCUT2D eigenvalue weighted by Crippen LogP contribution is -2.13. The number of nitrogens with zero attached hydrogens (tertiary/aromatic N) is 17. The molecule has 0 aliphatic rings. The van der Waals surface area contributed by atoms with Crippen molar-refractivity contribution in [2.45, 2.75) is 49.3 Å². The Bertz CT molecular complexity index is 3120. The van der Waals surface area contributed by atoms with E-state index in [1.165, 1.54) is 48.8 Å². The van der Waals surface area contributed by atoms with E-state index in [0.717, 1.165) is 30.9 Å². The molecule has 0 aliphatic heterocycles. The minimum Gasteiger partial charge on any atom is -0.479 e. The first-order valence-electron chi connectivity index (χ1n) is 18.0. The molecule has 0 saturated carbocycles. The molecule has 0 radical (unpaired) electrons. The van der Waals surface area contributed by atoms with E-state index in [4.69, 9.17) is 18.0 Å². The highest BCUT2D eigenvalue weighted by Gasteiger charge is 2.26. The summed E-state index contributed by atoms with van der Waals surface area (Å²) in [6.45, 7) is 14.8. The number of nitrogen functional groups attached to an aromatic ring is 2. The van der Waals surface area contributed by atoms with Crippen LogP contribution in [0, 0.1) is 17.9 Å². The Morgan fingerprint density at radius 3 is 1.62 bits per heavy atom. The summed E-state index contributed by atoms with van der Waals surface area (Å²) in [6, 6.07) is 11.4. The van der Waals surface area contributed by atoms with Gasteiger partial charge in [0.15, 0.2) is 34.6 Å². The third-order valence-electron chi connectivity index (χ3n) is 8.83. The van der Waals surface area contributed by atoms with E-state index in [2.05, 4.69) is 60.6 Å². The van der Waals surface area contributed by atoms with Crippen LogP contribution in [0.1, 0.15) is 56.5 Å². The lowest BCUT2D eigenvalue weighted by molar-refractivity contribution is 0.423. The van der Waals surface area contributed by atoms with E-state index in [-0.39, 0.29) is 92.4 Å². The second kappa shape index (κ2) is 16.3. The van der Waals surface area contributed by atoms with Crippen molar-refractivity contribution in [1.29, 1.82) is 5.26 Å². The Morgan fingerprint density at radius 2 is 1.17 bits per heavy atom. The summed E-state index contributed by atoms with van der Waals surface area (Å²) in [5.41, 5.74) is 13.9. The van der Waals surface area contributed by atoms with Crippen LogP contribution in [-0.4, -0.2) is 85.1 Å². The first kappa shape index (κ1) is 42.8. The number of aromatic nitrogens is 11. The molecule has 28 heteroatoms. The molecule has 0 atom stereocenters. The minimum atomic E-state index is -4.58. The zero-order valence-electron chi connectivity index (χ0n) is 33.0. The van der Waals surface area contributed by atoms with Gasteiger partial charge in [-0.05, 0) is 48.2 Å². The van der Waals surface area contributed by atoms with Gasteiger partial charge in [-0.15, -0.1) is 20.5 Å². The smallest absolute Gasteiger partial charge is 0.320 e. The average molecular weight is 894 g/mol. The summed E-state index contributed by atoms with van der Waals surface area (Å²) < 4.78 is 70.8. The summed E-state index contributed by atoms with van der Waals surface area (Å²) in [6.07, 6.45) is 2.38.